The van der Waals surface area contributed by atoms with E-state index < -0.39 is 56.3 Å². The summed E-state index contributed by atoms with van der Waals surface area (Å²) in [5.74, 6) is -3.12. The second kappa shape index (κ2) is 5.29. The van der Waals surface area contributed by atoms with Crippen LogP contribution in [0.2, 0.25) is 0 Å². The number of phosphoric ester groups is 1. The zero-order valence-electron chi connectivity index (χ0n) is 11.6. The van der Waals surface area contributed by atoms with Gasteiger partial charge >= 0.3 is 19.9 Å². The zero-order valence-corrected chi connectivity index (χ0v) is 12.5. The fraction of sp³-hybridized carbons (Fsp3) is 0.556. The summed E-state index contributed by atoms with van der Waals surface area (Å²) < 4.78 is 31.4. The number of hydrogen-bond acceptors (Lipinski definition) is 12. The number of fused-ring (bicyclic) bond motifs is 2. The number of carbonyl (C=O) groups excluding carboxylic acids is 1. The van der Waals surface area contributed by atoms with Crippen molar-refractivity contribution in [2.24, 2.45) is 11.5 Å². The van der Waals surface area contributed by atoms with Crippen molar-refractivity contribution in [1.29, 1.82) is 0 Å². The van der Waals surface area contributed by atoms with Crippen molar-refractivity contribution in [1.82, 2.24) is 9.55 Å². The molecule has 1 aromatic heterocycles. The Kier molecular flexibility index (Phi) is 3.72. The first-order valence-electron chi connectivity index (χ1n) is 6.34. The standard InChI is InChI=1S/C9H13N4O10P/c10-6(16)4-3(14)5(15)9(18,20-4)13-1-2-12-8(13)23-24(19,21-2)22-7(11)17/h1,3-6,14-16,18H,10H2,(H2,11,17)/t3-,4+,5-,6?,9-,24?/m1/s1. The smallest absolute Gasteiger partial charge is 0.387 e. The van der Waals surface area contributed by atoms with Crippen LogP contribution in [-0.2, 0) is 19.7 Å². The molecule has 1 fully saturated rings. The van der Waals surface area contributed by atoms with Gasteiger partial charge in [-0.15, -0.1) is 0 Å². The molecule has 0 radical (unpaired) electrons. The molecule has 1 saturated heterocycles. The molecular formula is C9H13N4O10P. The normalized spacial score (nSPS) is 39.0. The minimum absolute atomic E-state index is 0.420. The monoisotopic (exact) mass is 368 g/mol. The minimum atomic E-state index is -4.50. The number of rotatable bonds is 3. The molecule has 2 unspecified atom stereocenters. The molecule has 3 rings (SSSR count). The molecule has 0 spiro atoms. The maximum absolute atomic E-state index is 12.1. The van der Waals surface area contributed by atoms with Crippen molar-refractivity contribution < 1.29 is 48.1 Å². The summed E-state index contributed by atoms with van der Waals surface area (Å²) >= 11 is 0. The molecule has 3 heterocycles. The number of phosphoric acid groups is 1. The van der Waals surface area contributed by atoms with Gasteiger partial charge in [-0.05, 0) is 0 Å². The molecule has 14 nitrogen and oxygen atoms in total. The lowest BCUT2D eigenvalue weighted by Gasteiger charge is -2.28. The van der Waals surface area contributed by atoms with Crippen LogP contribution in [0.25, 0.3) is 0 Å². The summed E-state index contributed by atoms with van der Waals surface area (Å²) in [4.78, 5) is 14.4. The van der Waals surface area contributed by atoms with Crippen LogP contribution in [0.3, 0.4) is 0 Å². The molecule has 15 heteroatoms. The largest absolute Gasteiger partial charge is 0.654 e. The molecule has 6 atom stereocenters. The molecule has 0 saturated carbocycles. The second-order valence-electron chi connectivity index (χ2n) is 4.94. The first-order valence-corrected chi connectivity index (χ1v) is 7.80. The van der Waals surface area contributed by atoms with Gasteiger partial charge in [0.15, 0.2) is 6.10 Å². The molecule has 1 amide bonds. The van der Waals surface area contributed by atoms with Crippen LogP contribution in [0.15, 0.2) is 6.20 Å². The van der Waals surface area contributed by atoms with E-state index in [-0.39, 0.29) is 0 Å². The Morgan fingerprint density at radius 1 is 1.50 bits per heavy atom. The van der Waals surface area contributed by atoms with Crippen molar-refractivity contribution in [3.05, 3.63) is 6.20 Å². The Hall–Kier alpha value is -1.93. The highest BCUT2D eigenvalue weighted by molar-refractivity contribution is 7.50. The Bertz CT molecular complexity index is 723. The summed E-state index contributed by atoms with van der Waals surface area (Å²) in [7, 11) is -4.50. The number of amides is 1. The SMILES string of the molecule is NC(=O)OP1(=O)Oc2cn([C@]3(O)O[C@H](C(N)O)[C@@H](O)[C@H]3O)c(n2)O1. The van der Waals surface area contributed by atoms with Gasteiger partial charge < -0.3 is 50.2 Å². The van der Waals surface area contributed by atoms with E-state index in [2.05, 4.69) is 9.51 Å². The fourth-order valence-corrected chi connectivity index (χ4v) is 3.25. The number of aromatic nitrogens is 2. The van der Waals surface area contributed by atoms with Crippen LogP contribution in [-0.4, -0.2) is 60.6 Å². The van der Waals surface area contributed by atoms with Crippen molar-refractivity contribution in [3.63, 3.8) is 0 Å². The van der Waals surface area contributed by atoms with Gasteiger partial charge in [-0.2, -0.15) is 9.55 Å². The van der Waals surface area contributed by atoms with Gasteiger partial charge in [0.25, 0.3) is 5.91 Å². The number of nitrogens with two attached hydrogens (primary N) is 2. The summed E-state index contributed by atoms with van der Waals surface area (Å²) in [5.41, 5.74) is 9.93. The minimum Gasteiger partial charge on any atom is -0.387 e. The summed E-state index contributed by atoms with van der Waals surface area (Å²) in [6.45, 7) is 0. The number of primary amides is 1. The Labute approximate surface area is 132 Å². The van der Waals surface area contributed by atoms with Crippen LogP contribution in [0.4, 0.5) is 4.79 Å². The number of carbonyl (C=O) groups is 1. The Morgan fingerprint density at radius 3 is 2.71 bits per heavy atom. The van der Waals surface area contributed by atoms with E-state index in [9.17, 15) is 29.8 Å². The second-order valence-corrected chi connectivity index (χ2v) is 6.38. The summed E-state index contributed by atoms with van der Waals surface area (Å²) in [6, 6.07) is -0.637. The number of aliphatic hydroxyl groups excluding tert-OH is 3. The van der Waals surface area contributed by atoms with Gasteiger partial charge in [-0.1, -0.05) is 0 Å². The van der Waals surface area contributed by atoms with E-state index in [1.807, 2.05) is 0 Å². The van der Waals surface area contributed by atoms with Crippen molar-refractivity contribution in [2.75, 3.05) is 0 Å². The van der Waals surface area contributed by atoms with Gasteiger partial charge in [0.1, 0.15) is 18.4 Å². The lowest BCUT2D eigenvalue weighted by Crippen LogP contribution is -2.45. The van der Waals surface area contributed by atoms with Crippen LogP contribution < -0.4 is 20.5 Å². The van der Waals surface area contributed by atoms with E-state index in [4.69, 9.17) is 25.3 Å². The molecule has 2 aliphatic heterocycles. The Balaban J connectivity index is 1.95. The van der Waals surface area contributed by atoms with Gasteiger partial charge in [0.2, 0.25) is 5.88 Å². The number of hydrogen-bond donors (Lipinski definition) is 6. The van der Waals surface area contributed by atoms with E-state index >= 15 is 0 Å². The van der Waals surface area contributed by atoms with Crippen LogP contribution in [0.1, 0.15) is 0 Å². The third-order valence-electron chi connectivity index (χ3n) is 3.29. The quantitative estimate of drug-likeness (QED) is 0.230. The summed E-state index contributed by atoms with van der Waals surface area (Å²) in [5, 5.41) is 39.6. The average Bonchev–Trinajstić information content (AvgIpc) is 2.88. The predicted octanol–water partition coefficient (Wildman–Crippen LogP) is -3.14. The number of ether oxygens (including phenoxy) is 1. The van der Waals surface area contributed by atoms with Gasteiger partial charge in [-0.25, -0.2) is 9.36 Å². The molecule has 134 valence electrons. The predicted molar refractivity (Wildman–Crippen MR) is 69.0 cm³/mol. The highest BCUT2D eigenvalue weighted by atomic mass is 31.2. The molecule has 8 N–H and O–H groups in total. The maximum Gasteiger partial charge on any atom is 0.654 e. The fourth-order valence-electron chi connectivity index (χ4n) is 2.27. The van der Waals surface area contributed by atoms with Crippen LogP contribution in [0.5, 0.6) is 11.9 Å². The molecule has 2 aliphatic rings. The molecule has 0 aliphatic carbocycles. The van der Waals surface area contributed by atoms with Crippen LogP contribution >= 0.6 is 7.82 Å². The highest BCUT2D eigenvalue weighted by Crippen LogP contribution is 2.54. The van der Waals surface area contributed by atoms with Gasteiger partial charge in [-0.3, -0.25) is 0 Å². The third-order valence-corrected chi connectivity index (χ3v) is 4.49. The van der Waals surface area contributed by atoms with Crippen molar-refractivity contribution in [2.45, 2.75) is 30.5 Å². The van der Waals surface area contributed by atoms with E-state index in [0.717, 1.165) is 6.20 Å². The first-order chi connectivity index (χ1) is 11.1. The third kappa shape index (κ3) is 2.50. The topological polar surface area (TPSA) is 222 Å². The zero-order chi connectivity index (χ0) is 17.9. The van der Waals surface area contributed by atoms with Gasteiger partial charge in [0, 0.05) is 0 Å². The van der Waals surface area contributed by atoms with Gasteiger partial charge in [0.05, 0.1) is 6.20 Å². The lowest BCUT2D eigenvalue weighted by molar-refractivity contribution is -0.294. The molecule has 2 bridgehead atoms. The number of imidazole rings is 1. The molecular weight excluding hydrogens is 355 g/mol. The molecule has 1 aromatic rings. The van der Waals surface area contributed by atoms with E-state index in [1.54, 1.807) is 0 Å². The Morgan fingerprint density at radius 2 is 2.17 bits per heavy atom. The maximum atomic E-state index is 12.1. The average molecular weight is 368 g/mol. The highest BCUT2D eigenvalue weighted by Gasteiger charge is 2.59. The molecule has 0 aromatic carbocycles. The first kappa shape index (κ1) is 16.9. The van der Waals surface area contributed by atoms with Crippen molar-refractivity contribution >= 4 is 13.9 Å². The number of nitrogens with zero attached hydrogens (tertiary/aromatic N) is 2. The van der Waals surface area contributed by atoms with E-state index in [1.165, 1.54) is 0 Å². The number of aliphatic hydroxyl groups is 4. The van der Waals surface area contributed by atoms with Crippen LogP contribution in [0, 0.1) is 0 Å². The lowest BCUT2D eigenvalue weighted by atomic mass is 10.1. The molecule has 24 heavy (non-hydrogen) atoms. The summed E-state index contributed by atoms with van der Waals surface area (Å²) in [6.07, 6.45) is -7.63. The van der Waals surface area contributed by atoms with Crippen molar-refractivity contribution in [3.8, 4) is 11.9 Å². The van der Waals surface area contributed by atoms with E-state index in [0.29, 0.717) is 4.57 Å².